The van der Waals surface area contributed by atoms with Crippen LogP contribution in [0.2, 0.25) is 5.15 Å². The molecule has 0 amide bonds. The van der Waals surface area contributed by atoms with Crippen LogP contribution in [0.15, 0.2) is 40.8 Å². The number of aromatic amines is 1. The van der Waals surface area contributed by atoms with Crippen LogP contribution < -0.4 is 14.5 Å². The number of rotatable bonds is 7. The number of hydrogen-bond acceptors (Lipinski definition) is 8. The summed E-state index contributed by atoms with van der Waals surface area (Å²) in [7, 11) is 1.67. The number of hydrogen-bond donors (Lipinski definition) is 1. The first-order chi connectivity index (χ1) is 16.1. The second kappa shape index (κ2) is 9.29. The Kier molecular flexibility index (Phi) is 6.06. The predicted octanol–water partition coefficient (Wildman–Crippen LogP) is 3.93. The van der Waals surface area contributed by atoms with Crippen LogP contribution in [0.25, 0.3) is 22.7 Å². The first kappa shape index (κ1) is 21.5. The van der Waals surface area contributed by atoms with Gasteiger partial charge >= 0.3 is 0 Å². The normalized spacial score (nSPS) is 14.3. The van der Waals surface area contributed by atoms with Gasteiger partial charge in [-0.3, -0.25) is 0 Å². The standard InChI is InChI=1S/C23H25ClN6O3/c1-15-3-8-18(33-15)21-26-20(24)19-22(27-21)28-23(25-19)30-11-9-29(10-12-30)16-4-6-17(7-5-16)32-14-13-31-2/h3-8H,9-14H2,1-2H3,(H,25,26,27,28). The zero-order chi connectivity index (χ0) is 22.8. The summed E-state index contributed by atoms with van der Waals surface area (Å²) in [5.74, 6) is 3.40. The van der Waals surface area contributed by atoms with Crippen molar-refractivity contribution in [3.8, 4) is 17.3 Å². The van der Waals surface area contributed by atoms with Crippen molar-refractivity contribution < 1.29 is 13.9 Å². The Hall–Kier alpha value is -3.30. The highest BCUT2D eigenvalue weighted by atomic mass is 35.5. The average molecular weight is 469 g/mol. The van der Waals surface area contributed by atoms with E-state index >= 15 is 0 Å². The number of H-pyrrole nitrogens is 1. The van der Waals surface area contributed by atoms with E-state index in [1.165, 1.54) is 5.69 Å². The third-order valence-corrected chi connectivity index (χ3v) is 5.85. The second-order valence-electron chi connectivity index (χ2n) is 7.82. The average Bonchev–Trinajstić information content (AvgIpc) is 3.47. The molecule has 1 saturated heterocycles. The molecule has 1 aromatic carbocycles. The molecule has 33 heavy (non-hydrogen) atoms. The number of halogens is 1. The van der Waals surface area contributed by atoms with Crippen LogP contribution >= 0.6 is 11.6 Å². The first-order valence-corrected chi connectivity index (χ1v) is 11.2. The molecule has 4 aromatic rings. The van der Waals surface area contributed by atoms with E-state index < -0.39 is 0 Å². The van der Waals surface area contributed by atoms with Crippen molar-refractivity contribution in [2.45, 2.75) is 6.92 Å². The van der Waals surface area contributed by atoms with Crippen molar-refractivity contribution in [3.05, 3.63) is 47.3 Å². The number of imidazole rings is 1. The summed E-state index contributed by atoms with van der Waals surface area (Å²) in [6.07, 6.45) is 0. The van der Waals surface area contributed by atoms with Gasteiger partial charge in [0.15, 0.2) is 22.4 Å². The minimum absolute atomic E-state index is 0.304. The lowest BCUT2D eigenvalue weighted by molar-refractivity contribution is 0.146. The van der Waals surface area contributed by atoms with E-state index in [9.17, 15) is 0 Å². The molecular weight excluding hydrogens is 444 g/mol. The molecule has 4 heterocycles. The smallest absolute Gasteiger partial charge is 0.205 e. The molecule has 0 radical (unpaired) electrons. The number of aromatic nitrogens is 4. The molecule has 0 atom stereocenters. The van der Waals surface area contributed by atoms with Gasteiger partial charge in [0.1, 0.15) is 23.6 Å². The lowest BCUT2D eigenvalue weighted by Gasteiger charge is -2.36. The molecule has 0 unspecified atom stereocenters. The zero-order valence-corrected chi connectivity index (χ0v) is 19.3. The first-order valence-electron chi connectivity index (χ1n) is 10.8. The Bertz CT molecular complexity index is 1230. The quantitative estimate of drug-likeness (QED) is 0.322. The molecule has 0 aliphatic carbocycles. The van der Waals surface area contributed by atoms with Crippen LogP contribution in [-0.2, 0) is 4.74 Å². The number of aryl methyl sites for hydroxylation is 1. The minimum atomic E-state index is 0.304. The van der Waals surface area contributed by atoms with Crippen LogP contribution in [-0.4, -0.2) is 66.4 Å². The van der Waals surface area contributed by atoms with E-state index in [0.717, 1.165) is 43.6 Å². The maximum Gasteiger partial charge on any atom is 0.205 e. The summed E-state index contributed by atoms with van der Waals surface area (Å²) in [4.78, 5) is 21.4. The van der Waals surface area contributed by atoms with Crippen molar-refractivity contribution >= 4 is 34.4 Å². The van der Waals surface area contributed by atoms with Gasteiger partial charge in [-0.1, -0.05) is 11.6 Å². The van der Waals surface area contributed by atoms with Crippen LogP contribution in [0.4, 0.5) is 11.6 Å². The SMILES string of the molecule is COCCOc1ccc(N2CCN(c3nc4c(Cl)nc(-c5ccc(C)o5)nc4[nH]3)CC2)cc1. The maximum atomic E-state index is 6.41. The lowest BCUT2D eigenvalue weighted by Crippen LogP contribution is -2.46. The molecule has 0 saturated carbocycles. The van der Waals surface area contributed by atoms with Gasteiger partial charge in [-0.2, -0.15) is 0 Å². The van der Waals surface area contributed by atoms with Gasteiger partial charge in [0.2, 0.25) is 5.95 Å². The van der Waals surface area contributed by atoms with Crippen LogP contribution in [0.3, 0.4) is 0 Å². The number of benzene rings is 1. The molecule has 9 nitrogen and oxygen atoms in total. The van der Waals surface area contributed by atoms with E-state index in [-0.39, 0.29) is 0 Å². The topological polar surface area (TPSA) is 92.5 Å². The number of nitrogens with one attached hydrogen (secondary N) is 1. The number of ether oxygens (including phenoxy) is 2. The highest BCUT2D eigenvalue weighted by Crippen LogP contribution is 2.27. The van der Waals surface area contributed by atoms with Crippen LogP contribution in [0, 0.1) is 6.92 Å². The Labute approximate surface area is 196 Å². The summed E-state index contributed by atoms with van der Waals surface area (Å²) in [6, 6.07) is 11.9. The van der Waals surface area contributed by atoms with E-state index in [4.69, 9.17) is 25.5 Å². The Morgan fingerprint density at radius 1 is 0.970 bits per heavy atom. The summed E-state index contributed by atoms with van der Waals surface area (Å²) in [5, 5.41) is 0.304. The molecule has 5 rings (SSSR count). The molecule has 172 valence electrons. The van der Waals surface area contributed by atoms with Crippen LogP contribution in [0.1, 0.15) is 5.76 Å². The third-order valence-electron chi connectivity index (χ3n) is 5.59. The van der Waals surface area contributed by atoms with Gasteiger partial charge in [-0.15, -0.1) is 0 Å². The fourth-order valence-corrected chi connectivity index (χ4v) is 4.05. The van der Waals surface area contributed by atoms with E-state index in [1.807, 2.05) is 31.2 Å². The number of methoxy groups -OCH3 is 1. The number of nitrogens with zero attached hydrogens (tertiary/aromatic N) is 5. The Balaban J connectivity index is 1.26. The lowest BCUT2D eigenvalue weighted by atomic mass is 10.2. The molecule has 1 fully saturated rings. The van der Waals surface area contributed by atoms with Crippen molar-refractivity contribution in [3.63, 3.8) is 0 Å². The highest BCUT2D eigenvalue weighted by molar-refractivity contribution is 6.33. The highest BCUT2D eigenvalue weighted by Gasteiger charge is 2.22. The summed E-state index contributed by atoms with van der Waals surface area (Å²) < 4.78 is 16.3. The van der Waals surface area contributed by atoms with E-state index in [0.29, 0.717) is 41.1 Å². The van der Waals surface area contributed by atoms with E-state index in [1.54, 1.807) is 7.11 Å². The zero-order valence-electron chi connectivity index (χ0n) is 18.5. The van der Waals surface area contributed by atoms with Crippen molar-refractivity contribution in [1.82, 2.24) is 19.9 Å². The van der Waals surface area contributed by atoms with Gasteiger partial charge < -0.3 is 28.7 Å². The Morgan fingerprint density at radius 3 is 2.42 bits per heavy atom. The molecule has 0 spiro atoms. The molecular formula is C23H25ClN6O3. The molecule has 1 aliphatic heterocycles. The number of fused-ring (bicyclic) bond motifs is 1. The van der Waals surface area contributed by atoms with Gasteiger partial charge in [0.05, 0.1) is 6.61 Å². The predicted molar refractivity (Wildman–Crippen MR) is 127 cm³/mol. The fourth-order valence-electron chi connectivity index (χ4n) is 3.84. The molecule has 0 bridgehead atoms. The summed E-state index contributed by atoms with van der Waals surface area (Å²) in [5.41, 5.74) is 2.33. The van der Waals surface area contributed by atoms with Gasteiger partial charge in [-0.05, 0) is 43.3 Å². The third kappa shape index (κ3) is 4.60. The van der Waals surface area contributed by atoms with Crippen LogP contribution in [0.5, 0.6) is 5.75 Å². The molecule has 1 N–H and O–H groups in total. The fraction of sp³-hybridized carbons (Fsp3) is 0.348. The summed E-state index contributed by atoms with van der Waals surface area (Å²) in [6.45, 7) is 6.38. The number of furan rings is 1. The largest absolute Gasteiger partial charge is 0.491 e. The van der Waals surface area contributed by atoms with Gasteiger partial charge in [-0.25, -0.2) is 15.0 Å². The van der Waals surface area contributed by atoms with Gasteiger partial charge in [0.25, 0.3) is 0 Å². The monoisotopic (exact) mass is 468 g/mol. The van der Waals surface area contributed by atoms with Crippen molar-refractivity contribution in [2.75, 3.05) is 56.3 Å². The molecule has 3 aromatic heterocycles. The van der Waals surface area contributed by atoms with Gasteiger partial charge in [0, 0.05) is 39.0 Å². The van der Waals surface area contributed by atoms with Crippen molar-refractivity contribution in [2.24, 2.45) is 0 Å². The second-order valence-corrected chi connectivity index (χ2v) is 8.17. The van der Waals surface area contributed by atoms with E-state index in [2.05, 4.69) is 41.9 Å². The summed E-state index contributed by atoms with van der Waals surface area (Å²) >= 11 is 6.41. The number of anilines is 2. The minimum Gasteiger partial charge on any atom is -0.491 e. The molecule has 1 aliphatic rings. The molecule has 10 heteroatoms. The number of piperazine rings is 1. The van der Waals surface area contributed by atoms with Crippen molar-refractivity contribution in [1.29, 1.82) is 0 Å². The Morgan fingerprint density at radius 2 is 1.73 bits per heavy atom. The maximum absolute atomic E-state index is 6.41.